The molecule has 0 unspecified atom stereocenters. The zero-order chi connectivity index (χ0) is 16.8. The van der Waals surface area contributed by atoms with Crippen molar-refractivity contribution >= 4 is 8.32 Å². The molecular weight excluding hydrogens is 296 g/mol. The third kappa shape index (κ3) is 3.93. The molecule has 1 heterocycles. The van der Waals surface area contributed by atoms with Gasteiger partial charge < -0.3 is 18.6 Å². The third-order valence-corrected chi connectivity index (χ3v) is 9.92. The predicted octanol–water partition coefficient (Wildman–Crippen LogP) is 3.95. The molecule has 1 saturated carbocycles. The number of fused-ring (bicyclic) bond motifs is 1. The second-order valence-corrected chi connectivity index (χ2v) is 13.6. The van der Waals surface area contributed by atoms with Crippen LogP contribution < -0.4 is 0 Å². The van der Waals surface area contributed by atoms with Crippen molar-refractivity contribution in [2.24, 2.45) is 5.92 Å². The molecule has 22 heavy (non-hydrogen) atoms. The number of hydrogen-bond acceptors (Lipinski definition) is 4. The average Bonchev–Trinajstić information content (AvgIpc) is 2.79. The highest BCUT2D eigenvalue weighted by Gasteiger charge is 2.53. The van der Waals surface area contributed by atoms with Crippen LogP contribution in [0.1, 0.15) is 48.0 Å². The first kappa shape index (κ1) is 18.4. The molecule has 0 aromatic heterocycles. The van der Waals surface area contributed by atoms with Crippen molar-refractivity contribution in [2.45, 2.75) is 90.2 Å². The summed E-state index contributed by atoms with van der Waals surface area (Å²) in [6, 6.07) is 0. The van der Waals surface area contributed by atoms with Gasteiger partial charge in [-0.1, -0.05) is 27.7 Å². The van der Waals surface area contributed by atoms with Crippen LogP contribution in [0.15, 0.2) is 0 Å². The number of rotatable bonds is 5. The summed E-state index contributed by atoms with van der Waals surface area (Å²) in [5.41, 5.74) is 0. The summed E-state index contributed by atoms with van der Waals surface area (Å²) in [6.45, 7) is 18.8. The van der Waals surface area contributed by atoms with Crippen LogP contribution in [0, 0.1) is 5.92 Å². The van der Waals surface area contributed by atoms with Crippen LogP contribution in [-0.4, -0.2) is 45.6 Å². The highest BCUT2D eigenvalue weighted by molar-refractivity contribution is 6.74. The van der Waals surface area contributed by atoms with E-state index in [-0.39, 0.29) is 23.4 Å². The first-order valence-corrected chi connectivity index (χ1v) is 11.4. The molecule has 2 aliphatic rings. The van der Waals surface area contributed by atoms with Crippen LogP contribution in [0.2, 0.25) is 18.1 Å². The maximum atomic E-state index is 6.17. The van der Waals surface area contributed by atoms with Gasteiger partial charge >= 0.3 is 0 Å². The lowest BCUT2D eigenvalue weighted by Gasteiger charge is -2.36. The minimum atomic E-state index is -1.68. The molecular formula is C17H34O4Si. The van der Waals surface area contributed by atoms with Crippen molar-refractivity contribution in [2.75, 3.05) is 13.2 Å². The minimum absolute atomic E-state index is 0.0675. The van der Waals surface area contributed by atoms with Gasteiger partial charge in [0, 0.05) is 0 Å². The van der Waals surface area contributed by atoms with E-state index in [0.717, 1.165) is 6.42 Å². The summed E-state index contributed by atoms with van der Waals surface area (Å²) < 4.78 is 24.3. The second-order valence-electron chi connectivity index (χ2n) is 8.80. The molecule has 0 aromatic rings. The Morgan fingerprint density at radius 1 is 1.09 bits per heavy atom. The standard InChI is InChI=1S/C17H34O4Si/c1-12-11-13(15-14(12)20-17(5,6)21-15)18-9-10-19-22(7,8)16(2,3)4/h12-15H,9-11H2,1-8H3/t12-,13+,14+,15-/m1/s1. The van der Waals surface area contributed by atoms with E-state index >= 15 is 0 Å². The molecule has 4 atom stereocenters. The Balaban J connectivity index is 1.79. The van der Waals surface area contributed by atoms with E-state index in [1.165, 1.54) is 0 Å². The Hall–Kier alpha value is 0.0569. The summed E-state index contributed by atoms with van der Waals surface area (Å²) in [5, 5.41) is 0.242. The highest BCUT2D eigenvalue weighted by atomic mass is 28.4. The fraction of sp³-hybridized carbons (Fsp3) is 1.00. The molecule has 2 fully saturated rings. The van der Waals surface area contributed by atoms with Gasteiger partial charge in [-0.05, 0) is 44.3 Å². The van der Waals surface area contributed by atoms with Crippen molar-refractivity contribution in [1.82, 2.24) is 0 Å². The van der Waals surface area contributed by atoms with Crippen molar-refractivity contribution in [3.8, 4) is 0 Å². The van der Waals surface area contributed by atoms with Gasteiger partial charge in [-0.2, -0.15) is 0 Å². The summed E-state index contributed by atoms with van der Waals surface area (Å²) in [7, 11) is -1.68. The maximum absolute atomic E-state index is 6.17. The smallest absolute Gasteiger partial charge is 0.192 e. The van der Waals surface area contributed by atoms with Gasteiger partial charge in [0.15, 0.2) is 14.1 Å². The maximum Gasteiger partial charge on any atom is 0.192 e. The molecule has 2 rings (SSSR count). The topological polar surface area (TPSA) is 36.9 Å². The molecule has 0 N–H and O–H groups in total. The quantitative estimate of drug-likeness (QED) is 0.565. The molecule has 4 nitrogen and oxygen atoms in total. The second kappa shape index (κ2) is 6.17. The zero-order valence-electron chi connectivity index (χ0n) is 15.6. The molecule has 0 bridgehead atoms. The van der Waals surface area contributed by atoms with Gasteiger partial charge in [-0.25, -0.2) is 0 Å². The Kier molecular flexibility index (Phi) is 5.16. The minimum Gasteiger partial charge on any atom is -0.414 e. The van der Waals surface area contributed by atoms with E-state index in [0.29, 0.717) is 19.1 Å². The van der Waals surface area contributed by atoms with Gasteiger partial charge in [0.05, 0.1) is 25.4 Å². The zero-order valence-corrected chi connectivity index (χ0v) is 16.6. The monoisotopic (exact) mass is 330 g/mol. The Morgan fingerprint density at radius 2 is 1.68 bits per heavy atom. The van der Waals surface area contributed by atoms with Gasteiger partial charge in [-0.3, -0.25) is 0 Å². The molecule has 0 radical (unpaired) electrons. The molecule has 1 saturated heterocycles. The summed E-state index contributed by atoms with van der Waals surface area (Å²) in [6.07, 6.45) is 1.37. The third-order valence-electron chi connectivity index (χ3n) is 5.38. The van der Waals surface area contributed by atoms with Crippen LogP contribution in [0.25, 0.3) is 0 Å². The largest absolute Gasteiger partial charge is 0.414 e. The van der Waals surface area contributed by atoms with Crippen LogP contribution in [-0.2, 0) is 18.6 Å². The fourth-order valence-electron chi connectivity index (χ4n) is 3.06. The molecule has 5 heteroatoms. The van der Waals surface area contributed by atoms with Crippen LogP contribution in [0.5, 0.6) is 0 Å². The van der Waals surface area contributed by atoms with Crippen LogP contribution >= 0.6 is 0 Å². The van der Waals surface area contributed by atoms with E-state index < -0.39 is 14.1 Å². The highest BCUT2D eigenvalue weighted by Crippen LogP contribution is 2.42. The van der Waals surface area contributed by atoms with E-state index in [9.17, 15) is 0 Å². The molecule has 0 aromatic carbocycles. The van der Waals surface area contributed by atoms with Gasteiger partial charge in [0.1, 0.15) is 6.10 Å². The van der Waals surface area contributed by atoms with Crippen molar-refractivity contribution in [3.05, 3.63) is 0 Å². The van der Waals surface area contributed by atoms with Crippen molar-refractivity contribution in [1.29, 1.82) is 0 Å². The molecule has 0 spiro atoms. The van der Waals surface area contributed by atoms with Crippen molar-refractivity contribution in [3.63, 3.8) is 0 Å². The first-order chi connectivity index (χ1) is 9.93. The summed E-state index contributed by atoms with van der Waals surface area (Å²) in [4.78, 5) is 0. The fourth-order valence-corrected chi connectivity index (χ4v) is 4.08. The first-order valence-electron chi connectivity index (χ1n) is 8.54. The van der Waals surface area contributed by atoms with E-state index in [2.05, 4.69) is 40.8 Å². The van der Waals surface area contributed by atoms with Crippen LogP contribution in [0.4, 0.5) is 0 Å². The SMILES string of the molecule is C[C@@H]1C[C@H](OCCO[Si](C)(C)C(C)(C)C)[C@H]2OC(C)(C)O[C@H]21. The average molecular weight is 331 g/mol. The normalized spacial score (nSPS) is 34.9. The molecule has 1 aliphatic carbocycles. The predicted molar refractivity (Wildman–Crippen MR) is 90.5 cm³/mol. The Labute approximate surface area is 137 Å². The number of hydrogen-bond donors (Lipinski definition) is 0. The lowest BCUT2D eigenvalue weighted by atomic mass is 10.1. The number of ether oxygens (including phenoxy) is 3. The lowest BCUT2D eigenvalue weighted by Crippen LogP contribution is -2.42. The molecule has 1 aliphatic heterocycles. The Morgan fingerprint density at radius 3 is 2.27 bits per heavy atom. The van der Waals surface area contributed by atoms with Gasteiger partial charge in [0.25, 0.3) is 0 Å². The molecule has 130 valence electrons. The Bertz CT molecular complexity index is 389. The van der Waals surface area contributed by atoms with Gasteiger partial charge in [0.2, 0.25) is 0 Å². The summed E-state index contributed by atoms with van der Waals surface area (Å²) in [5.74, 6) is 0.00146. The van der Waals surface area contributed by atoms with Crippen molar-refractivity contribution < 1.29 is 18.6 Å². The van der Waals surface area contributed by atoms with E-state index in [1.807, 2.05) is 13.8 Å². The van der Waals surface area contributed by atoms with E-state index in [4.69, 9.17) is 18.6 Å². The molecule has 0 amide bonds. The summed E-state index contributed by atoms with van der Waals surface area (Å²) >= 11 is 0. The van der Waals surface area contributed by atoms with E-state index in [1.54, 1.807) is 0 Å². The lowest BCUT2D eigenvalue weighted by molar-refractivity contribution is -0.170. The van der Waals surface area contributed by atoms with Gasteiger partial charge in [-0.15, -0.1) is 0 Å². The van der Waals surface area contributed by atoms with Crippen LogP contribution in [0.3, 0.4) is 0 Å².